The molecule has 0 saturated heterocycles. The summed E-state index contributed by atoms with van der Waals surface area (Å²) >= 11 is 6.11. The van der Waals surface area contributed by atoms with Crippen molar-refractivity contribution < 1.29 is 4.74 Å². The fraction of sp³-hybridized carbons (Fsp3) is 0.250. The molecule has 98 valence electrons. The van der Waals surface area contributed by atoms with E-state index in [4.69, 9.17) is 16.3 Å². The van der Waals surface area contributed by atoms with Crippen molar-refractivity contribution in [2.24, 2.45) is 0 Å². The van der Waals surface area contributed by atoms with Crippen molar-refractivity contribution in [3.05, 3.63) is 59.1 Å². The number of hydrogen-bond acceptors (Lipinski definition) is 2. The zero-order valence-electron chi connectivity index (χ0n) is 10.8. The van der Waals surface area contributed by atoms with Crippen LogP contribution in [0.1, 0.15) is 17.9 Å². The summed E-state index contributed by atoms with van der Waals surface area (Å²) in [4.78, 5) is 0. The summed E-state index contributed by atoms with van der Waals surface area (Å²) in [5.74, 6) is 2.26. The lowest BCUT2D eigenvalue weighted by molar-refractivity contribution is 0.475. The smallest absolute Gasteiger partial charge is 0.131 e. The SMILES string of the molecule is CNC1CC1c1cc(Cl)ccc1Oc1ccccc1. The highest BCUT2D eigenvalue weighted by molar-refractivity contribution is 6.30. The van der Waals surface area contributed by atoms with Crippen molar-refractivity contribution >= 4 is 11.6 Å². The maximum atomic E-state index is 6.11. The van der Waals surface area contributed by atoms with Crippen LogP contribution in [0.2, 0.25) is 5.02 Å². The van der Waals surface area contributed by atoms with Crippen LogP contribution >= 0.6 is 11.6 Å². The van der Waals surface area contributed by atoms with E-state index in [0.29, 0.717) is 12.0 Å². The van der Waals surface area contributed by atoms with Gasteiger partial charge in [0.2, 0.25) is 0 Å². The standard InChI is InChI=1S/C16H16ClNO/c1-18-15-10-13(15)14-9-11(17)7-8-16(14)19-12-5-3-2-4-6-12/h2-9,13,15,18H,10H2,1H3. The van der Waals surface area contributed by atoms with Gasteiger partial charge in [-0.2, -0.15) is 0 Å². The molecule has 2 unspecified atom stereocenters. The minimum atomic E-state index is 0.502. The van der Waals surface area contributed by atoms with E-state index in [-0.39, 0.29) is 0 Å². The van der Waals surface area contributed by atoms with Crippen molar-refractivity contribution in [3.63, 3.8) is 0 Å². The molecule has 2 atom stereocenters. The Hall–Kier alpha value is -1.51. The van der Waals surface area contributed by atoms with Crippen molar-refractivity contribution in [2.75, 3.05) is 7.05 Å². The highest BCUT2D eigenvalue weighted by Crippen LogP contribution is 2.46. The maximum Gasteiger partial charge on any atom is 0.131 e. The molecule has 0 aromatic heterocycles. The Bertz CT molecular complexity index is 570. The topological polar surface area (TPSA) is 21.3 Å². The first-order valence-electron chi connectivity index (χ1n) is 6.47. The predicted molar refractivity (Wildman–Crippen MR) is 78.2 cm³/mol. The molecule has 1 saturated carbocycles. The second kappa shape index (κ2) is 5.24. The molecule has 2 aromatic rings. The van der Waals surface area contributed by atoms with Gasteiger partial charge in [-0.1, -0.05) is 29.8 Å². The molecule has 1 fully saturated rings. The molecule has 3 rings (SSSR count). The first-order chi connectivity index (χ1) is 9.28. The average Bonchev–Trinajstić information content (AvgIpc) is 3.21. The van der Waals surface area contributed by atoms with E-state index in [2.05, 4.69) is 5.32 Å². The van der Waals surface area contributed by atoms with Crippen LogP contribution in [-0.4, -0.2) is 13.1 Å². The normalized spacial score (nSPS) is 21.2. The van der Waals surface area contributed by atoms with Crippen LogP contribution in [0.3, 0.4) is 0 Å². The number of likely N-dealkylation sites (N-methyl/N-ethyl adjacent to an activating group) is 1. The lowest BCUT2D eigenvalue weighted by Crippen LogP contribution is -2.10. The van der Waals surface area contributed by atoms with E-state index in [1.807, 2.05) is 55.6 Å². The third-order valence-corrected chi connectivity index (χ3v) is 3.74. The zero-order valence-corrected chi connectivity index (χ0v) is 11.5. The number of ether oxygens (including phenoxy) is 1. The largest absolute Gasteiger partial charge is 0.457 e. The highest BCUT2D eigenvalue weighted by Gasteiger charge is 2.39. The Morgan fingerprint density at radius 2 is 1.95 bits per heavy atom. The number of nitrogens with one attached hydrogen (secondary N) is 1. The minimum Gasteiger partial charge on any atom is -0.457 e. The molecule has 0 bridgehead atoms. The van der Waals surface area contributed by atoms with Gasteiger partial charge in [0.05, 0.1) is 0 Å². The van der Waals surface area contributed by atoms with Crippen LogP contribution in [0, 0.1) is 0 Å². The van der Waals surface area contributed by atoms with Gasteiger partial charge in [-0.3, -0.25) is 0 Å². The van der Waals surface area contributed by atoms with E-state index in [1.54, 1.807) is 0 Å². The van der Waals surface area contributed by atoms with Crippen molar-refractivity contribution in [2.45, 2.75) is 18.4 Å². The zero-order chi connectivity index (χ0) is 13.2. The van der Waals surface area contributed by atoms with E-state index >= 15 is 0 Å². The van der Waals surface area contributed by atoms with Crippen molar-refractivity contribution in [1.82, 2.24) is 5.32 Å². The Balaban J connectivity index is 1.89. The number of para-hydroxylation sites is 1. The monoisotopic (exact) mass is 273 g/mol. The number of benzene rings is 2. The van der Waals surface area contributed by atoms with Gasteiger partial charge < -0.3 is 10.1 Å². The molecule has 19 heavy (non-hydrogen) atoms. The first-order valence-corrected chi connectivity index (χ1v) is 6.85. The molecule has 0 amide bonds. The third-order valence-electron chi connectivity index (χ3n) is 3.50. The van der Waals surface area contributed by atoms with Gasteiger partial charge in [0.1, 0.15) is 11.5 Å². The molecule has 1 N–H and O–H groups in total. The summed E-state index contributed by atoms with van der Waals surface area (Å²) in [6.45, 7) is 0. The van der Waals surface area contributed by atoms with Crippen LogP contribution in [0.25, 0.3) is 0 Å². The Morgan fingerprint density at radius 1 is 1.16 bits per heavy atom. The number of hydrogen-bond donors (Lipinski definition) is 1. The van der Waals surface area contributed by atoms with Crippen LogP contribution < -0.4 is 10.1 Å². The summed E-state index contributed by atoms with van der Waals surface area (Å²) in [6, 6.07) is 16.2. The second-order valence-corrected chi connectivity index (χ2v) is 5.27. The van der Waals surface area contributed by atoms with Gasteiger partial charge >= 0.3 is 0 Å². The third kappa shape index (κ3) is 2.75. The summed E-state index contributed by atoms with van der Waals surface area (Å²) in [7, 11) is 1.99. The van der Waals surface area contributed by atoms with Crippen molar-refractivity contribution in [1.29, 1.82) is 0 Å². The molecule has 0 heterocycles. The lowest BCUT2D eigenvalue weighted by atomic mass is 10.1. The molecular weight excluding hydrogens is 258 g/mol. The molecule has 0 radical (unpaired) electrons. The Labute approximate surface area is 118 Å². The molecule has 0 spiro atoms. The Kier molecular flexibility index (Phi) is 3.45. The molecule has 3 heteroatoms. The maximum absolute atomic E-state index is 6.11. The fourth-order valence-electron chi connectivity index (χ4n) is 2.38. The summed E-state index contributed by atoms with van der Waals surface area (Å²) in [5, 5.41) is 4.06. The fourth-order valence-corrected chi connectivity index (χ4v) is 2.56. The number of halogens is 1. The van der Waals surface area contributed by atoms with Crippen LogP contribution in [0.15, 0.2) is 48.5 Å². The molecule has 1 aliphatic carbocycles. The molecule has 2 aromatic carbocycles. The molecule has 2 nitrogen and oxygen atoms in total. The predicted octanol–water partition coefficient (Wildman–Crippen LogP) is 4.21. The van der Waals surface area contributed by atoms with Crippen molar-refractivity contribution in [3.8, 4) is 11.5 Å². The summed E-state index contributed by atoms with van der Waals surface area (Å²) in [6.07, 6.45) is 1.14. The lowest BCUT2D eigenvalue weighted by Gasteiger charge is -2.11. The van der Waals surface area contributed by atoms with Gasteiger partial charge in [0, 0.05) is 22.5 Å². The van der Waals surface area contributed by atoms with E-state index in [0.717, 1.165) is 22.9 Å². The van der Waals surface area contributed by atoms with Crippen LogP contribution in [0.5, 0.6) is 11.5 Å². The molecule has 0 aliphatic heterocycles. The van der Waals surface area contributed by atoms with E-state index < -0.39 is 0 Å². The second-order valence-electron chi connectivity index (χ2n) is 4.83. The average molecular weight is 274 g/mol. The van der Waals surface area contributed by atoms with E-state index in [1.165, 1.54) is 5.56 Å². The quantitative estimate of drug-likeness (QED) is 0.901. The highest BCUT2D eigenvalue weighted by atomic mass is 35.5. The Morgan fingerprint density at radius 3 is 2.63 bits per heavy atom. The minimum absolute atomic E-state index is 0.502. The molecule has 1 aliphatic rings. The summed E-state index contributed by atoms with van der Waals surface area (Å²) in [5.41, 5.74) is 1.19. The van der Waals surface area contributed by atoms with Gasteiger partial charge in [-0.05, 0) is 43.8 Å². The number of rotatable bonds is 4. The summed E-state index contributed by atoms with van der Waals surface area (Å²) < 4.78 is 5.97. The van der Waals surface area contributed by atoms with Crippen LogP contribution in [0.4, 0.5) is 0 Å². The van der Waals surface area contributed by atoms with Gasteiger partial charge in [-0.15, -0.1) is 0 Å². The van der Waals surface area contributed by atoms with Gasteiger partial charge in [-0.25, -0.2) is 0 Å². The molecular formula is C16H16ClNO. The van der Waals surface area contributed by atoms with Crippen LogP contribution in [-0.2, 0) is 0 Å². The van der Waals surface area contributed by atoms with E-state index in [9.17, 15) is 0 Å². The van der Waals surface area contributed by atoms with Gasteiger partial charge in [0.25, 0.3) is 0 Å². The first kappa shape index (κ1) is 12.5. The van der Waals surface area contributed by atoms with Gasteiger partial charge in [0.15, 0.2) is 0 Å².